The molecule has 0 aliphatic heterocycles. The van der Waals surface area contributed by atoms with Crippen LogP contribution in [-0.4, -0.2) is 30.6 Å². The lowest BCUT2D eigenvalue weighted by atomic mass is 10.2. The molecule has 4 nitrogen and oxygen atoms in total. The van der Waals surface area contributed by atoms with E-state index in [4.69, 9.17) is 10.00 Å². The molecule has 0 aliphatic rings. The summed E-state index contributed by atoms with van der Waals surface area (Å²) < 4.78 is 5.06. The van der Waals surface area contributed by atoms with E-state index >= 15 is 0 Å². The first kappa shape index (κ1) is 12.5. The molecule has 1 aromatic rings. The van der Waals surface area contributed by atoms with E-state index in [1.807, 2.05) is 32.2 Å². The minimum Gasteiger partial charge on any atom is -0.481 e. The number of rotatable bonds is 5. The summed E-state index contributed by atoms with van der Waals surface area (Å²) in [5.41, 5.74) is 0.951. The molecule has 86 valence electrons. The number of nitrogens with zero attached hydrogens (tertiary/aromatic N) is 3. The molecule has 1 aromatic heterocycles. The highest BCUT2D eigenvalue weighted by atomic mass is 16.5. The maximum absolute atomic E-state index is 8.72. The lowest BCUT2D eigenvalue weighted by Crippen LogP contribution is -2.23. The molecule has 0 aromatic carbocycles. The van der Waals surface area contributed by atoms with Crippen LogP contribution in [0.5, 0.6) is 5.88 Å². The Hall–Kier alpha value is -1.60. The normalized spacial score (nSPS) is 12.2. The van der Waals surface area contributed by atoms with Crippen molar-refractivity contribution in [2.24, 2.45) is 5.92 Å². The fraction of sp³-hybridized carbons (Fsp3) is 0.500. The molecule has 0 saturated carbocycles. The molecule has 1 heterocycles. The Kier molecular flexibility index (Phi) is 4.74. The molecule has 0 radical (unpaired) electrons. The number of hydrogen-bond donors (Lipinski definition) is 0. The molecule has 4 heteroatoms. The molecular weight excluding hydrogens is 202 g/mol. The van der Waals surface area contributed by atoms with Crippen LogP contribution in [0.15, 0.2) is 18.2 Å². The predicted molar refractivity (Wildman–Crippen MR) is 61.9 cm³/mol. The summed E-state index contributed by atoms with van der Waals surface area (Å²) in [5, 5.41) is 8.72. The van der Waals surface area contributed by atoms with Crippen molar-refractivity contribution in [3.05, 3.63) is 23.9 Å². The van der Waals surface area contributed by atoms with E-state index in [2.05, 4.69) is 16.0 Å². The third kappa shape index (κ3) is 3.87. The Balaban J connectivity index is 2.56. The van der Waals surface area contributed by atoms with Gasteiger partial charge in [-0.25, -0.2) is 4.98 Å². The molecule has 1 atom stereocenters. The molecule has 0 aliphatic carbocycles. The van der Waals surface area contributed by atoms with Crippen molar-refractivity contribution < 1.29 is 4.74 Å². The van der Waals surface area contributed by atoms with Crippen molar-refractivity contribution in [2.75, 3.05) is 20.7 Å². The topological polar surface area (TPSA) is 49.1 Å². The number of hydrogen-bond acceptors (Lipinski definition) is 4. The van der Waals surface area contributed by atoms with Gasteiger partial charge in [-0.2, -0.15) is 5.26 Å². The first-order valence-electron chi connectivity index (χ1n) is 5.23. The highest BCUT2D eigenvalue weighted by molar-refractivity contribution is 5.15. The molecule has 0 amide bonds. The van der Waals surface area contributed by atoms with Gasteiger partial charge < -0.3 is 4.74 Å². The van der Waals surface area contributed by atoms with Gasteiger partial charge in [-0.15, -0.1) is 0 Å². The van der Waals surface area contributed by atoms with Gasteiger partial charge >= 0.3 is 0 Å². The summed E-state index contributed by atoms with van der Waals surface area (Å²) in [6.45, 7) is 3.38. The van der Waals surface area contributed by atoms with Gasteiger partial charge in [0.25, 0.3) is 0 Å². The highest BCUT2D eigenvalue weighted by Gasteiger charge is 2.06. The monoisotopic (exact) mass is 219 g/mol. The van der Waals surface area contributed by atoms with Crippen molar-refractivity contribution >= 4 is 0 Å². The average molecular weight is 219 g/mol. The summed E-state index contributed by atoms with van der Waals surface area (Å²) in [6.07, 6.45) is 0. The van der Waals surface area contributed by atoms with Gasteiger partial charge in [0.05, 0.1) is 24.8 Å². The Morgan fingerprint density at radius 1 is 1.56 bits per heavy atom. The van der Waals surface area contributed by atoms with Crippen LogP contribution in [-0.2, 0) is 6.54 Å². The second kappa shape index (κ2) is 6.09. The standard InChI is InChI=1S/C12H17N3O/c1-10(7-13)8-15(2)9-11-5-4-6-12(14-11)16-3/h4-6,10H,8-9H2,1-3H3. The second-order valence-electron chi connectivity index (χ2n) is 3.90. The van der Waals surface area contributed by atoms with Crippen LogP contribution in [0.25, 0.3) is 0 Å². The smallest absolute Gasteiger partial charge is 0.213 e. The molecule has 1 unspecified atom stereocenters. The first-order chi connectivity index (χ1) is 7.65. The molecule has 1 rings (SSSR count). The number of nitriles is 1. The van der Waals surface area contributed by atoms with Crippen molar-refractivity contribution in [3.63, 3.8) is 0 Å². The fourth-order valence-corrected chi connectivity index (χ4v) is 1.51. The molecule has 0 fully saturated rings. The third-order valence-electron chi connectivity index (χ3n) is 2.23. The van der Waals surface area contributed by atoms with E-state index in [1.54, 1.807) is 7.11 Å². The number of ether oxygens (including phenoxy) is 1. The molecule has 0 saturated heterocycles. The van der Waals surface area contributed by atoms with E-state index in [1.165, 1.54) is 0 Å². The van der Waals surface area contributed by atoms with Crippen LogP contribution in [0.2, 0.25) is 0 Å². The lowest BCUT2D eigenvalue weighted by Gasteiger charge is -2.17. The van der Waals surface area contributed by atoms with Crippen molar-refractivity contribution in [3.8, 4) is 11.9 Å². The Labute approximate surface area is 96.5 Å². The Bertz CT molecular complexity index is 373. The van der Waals surface area contributed by atoms with Crippen molar-refractivity contribution in [2.45, 2.75) is 13.5 Å². The summed E-state index contributed by atoms with van der Waals surface area (Å²) in [7, 11) is 3.59. The zero-order chi connectivity index (χ0) is 12.0. The minimum absolute atomic E-state index is 0.0376. The molecular formula is C12H17N3O. The van der Waals surface area contributed by atoms with E-state index in [0.717, 1.165) is 18.8 Å². The third-order valence-corrected chi connectivity index (χ3v) is 2.23. The van der Waals surface area contributed by atoms with Crippen LogP contribution in [0.1, 0.15) is 12.6 Å². The van der Waals surface area contributed by atoms with Gasteiger partial charge in [0, 0.05) is 19.2 Å². The largest absolute Gasteiger partial charge is 0.481 e. The van der Waals surface area contributed by atoms with Crippen molar-refractivity contribution in [1.29, 1.82) is 5.26 Å². The summed E-state index contributed by atoms with van der Waals surface area (Å²) in [4.78, 5) is 6.40. The van der Waals surface area contributed by atoms with Gasteiger partial charge in [-0.05, 0) is 20.0 Å². The first-order valence-corrected chi connectivity index (χ1v) is 5.23. The van der Waals surface area contributed by atoms with Gasteiger partial charge in [-0.1, -0.05) is 6.07 Å². The quantitative estimate of drug-likeness (QED) is 0.756. The zero-order valence-electron chi connectivity index (χ0n) is 9.97. The average Bonchev–Trinajstić information content (AvgIpc) is 2.28. The van der Waals surface area contributed by atoms with Gasteiger partial charge in [0.15, 0.2) is 0 Å². The zero-order valence-corrected chi connectivity index (χ0v) is 9.97. The summed E-state index contributed by atoms with van der Waals surface area (Å²) in [6, 6.07) is 7.91. The van der Waals surface area contributed by atoms with Crippen molar-refractivity contribution in [1.82, 2.24) is 9.88 Å². The molecule has 0 spiro atoms. The SMILES string of the molecule is COc1cccc(CN(C)CC(C)C#N)n1. The second-order valence-corrected chi connectivity index (χ2v) is 3.90. The van der Waals surface area contributed by atoms with E-state index in [-0.39, 0.29) is 5.92 Å². The summed E-state index contributed by atoms with van der Waals surface area (Å²) in [5.74, 6) is 0.662. The number of pyridine rings is 1. The van der Waals surface area contributed by atoms with Gasteiger partial charge in [0.2, 0.25) is 5.88 Å². The fourth-order valence-electron chi connectivity index (χ4n) is 1.51. The van der Waals surface area contributed by atoms with Crippen LogP contribution in [0, 0.1) is 17.2 Å². The molecule has 0 bridgehead atoms. The van der Waals surface area contributed by atoms with Crippen LogP contribution in [0.4, 0.5) is 0 Å². The Morgan fingerprint density at radius 2 is 2.31 bits per heavy atom. The molecule has 16 heavy (non-hydrogen) atoms. The summed E-state index contributed by atoms with van der Waals surface area (Å²) >= 11 is 0. The van der Waals surface area contributed by atoms with E-state index in [9.17, 15) is 0 Å². The lowest BCUT2D eigenvalue weighted by molar-refractivity contribution is 0.297. The minimum atomic E-state index is 0.0376. The highest BCUT2D eigenvalue weighted by Crippen LogP contribution is 2.09. The van der Waals surface area contributed by atoms with Crippen LogP contribution < -0.4 is 4.74 Å². The Morgan fingerprint density at radius 3 is 2.94 bits per heavy atom. The maximum Gasteiger partial charge on any atom is 0.213 e. The van der Waals surface area contributed by atoms with Crippen LogP contribution >= 0.6 is 0 Å². The van der Waals surface area contributed by atoms with Gasteiger partial charge in [0.1, 0.15) is 0 Å². The van der Waals surface area contributed by atoms with E-state index < -0.39 is 0 Å². The number of aromatic nitrogens is 1. The van der Waals surface area contributed by atoms with E-state index in [0.29, 0.717) is 5.88 Å². The van der Waals surface area contributed by atoms with Crippen LogP contribution in [0.3, 0.4) is 0 Å². The number of methoxy groups -OCH3 is 1. The predicted octanol–water partition coefficient (Wildman–Crippen LogP) is 1.68. The maximum atomic E-state index is 8.72. The van der Waals surface area contributed by atoms with Gasteiger partial charge in [-0.3, -0.25) is 4.90 Å². The molecule has 0 N–H and O–H groups in total.